The third kappa shape index (κ3) is 5.07. The first kappa shape index (κ1) is 19.4. The number of hydrogen-bond donors (Lipinski definition) is 1. The molecule has 0 fully saturated rings. The maximum absolute atomic E-state index is 13.0. The molecule has 142 valence electrons. The van der Waals surface area contributed by atoms with Gasteiger partial charge in [-0.15, -0.1) is 0 Å². The highest BCUT2D eigenvalue weighted by atomic mass is 16.2. The summed E-state index contributed by atoms with van der Waals surface area (Å²) in [5.41, 5.74) is 2.62. The fourth-order valence-electron chi connectivity index (χ4n) is 3.06. The van der Waals surface area contributed by atoms with E-state index in [1.54, 1.807) is 4.90 Å². The van der Waals surface area contributed by atoms with E-state index >= 15 is 0 Å². The summed E-state index contributed by atoms with van der Waals surface area (Å²) in [5, 5.41) is 2.96. The van der Waals surface area contributed by atoms with Crippen molar-refractivity contribution in [3.8, 4) is 0 Å². The summed E-state index contributed by atoms with van der Waals surface area (Å²) in [4.78, 5) is 27.0. The maximum Gasteiger partial charge on any atom is 0.232 e. The number of amides is 2. The Labute approximate surface area is 165 Å². The molecule has 28 heavy (non-hydrogen) atoms. The summed E-state index contributed by atoms with van der Waals surface area (Å²) < 4.78 is 0. The first-order valence-electron chi connectivity index (χ1n) is 9.42. The minimum atomic E-state index is -0.134. The van der Waals surface area contributed by atoms with Gasteiger partial charge in [0.2, 0.25) is 11.8 Å². The van der Waals surface area contributed by atoms with Crippen molar-refractivity contribution < 1.29 is 9.59 Å². The summed E-state index contributed by atoms with van der Waals surface area (Å²) in [6.07, 6.45) is 0.281. The smallest absolute Gasteiger partial charge is 0.232 e. The van der Waals surface area contributed by atoms with Crippen molar-refractivity contribution in [2.24, 2.45) is 0 Å². The topological polar surface area (TPSA) is 49.4 Å². The molecular formula is C24H24N2O2. The van der Waals surface area contributed by atoms with Crippen LogP contribution in [0.5, 0.6) is 0 Å². The Morgan fingerprint density at radius 2 is 1.21 bits per heavy atom. The summed E-state index contributed by atoms with van der Waals surface area (Å²) in [7, 11) is 0. The van der Waals surface area contributed by atoms with Crippen LogP contribution in [0.15, 0.2) is 91.0 Å². The standard InChI is InChI=1S/C24H24N2O2/c1-19(20-11-5-2-6-12-20)25-23(27)17-18-24(28)26(21-13-7-3-8-14-21)22-15-9-4-10-16-22/h2-16,19H,17-18H2,1H3,(H,25,27)/t19-/m0/s1. The van der Waals surface area contributed by atoms with Crippen LogP contribution in [-0.4, -0.2) is 11.8 Å². The predicted molar refractivity (Wildman–Crippen MR) is 112 cm³/mol. The highest BCUT2D eigenvalue weighted by molar-refractivity contribution is 6.01. The zero-order valence-corrected chi connectivity index (χ0v) is 15.9. The number of nitrogens with one attached hydrogen (secondary N) is 1. The van der Waals surface area contributed by atoms with Gasteiger partial charge in [0.05, 0.1) is 6.04 Å². The van der Waals surface area contributed by atoms with E-state index in [1.807, 2.05) is 97.9 Å². The van der Waals surface area contributed by atoms with Crippen molar-refractivity contribution in [2.45, 2.75) is 25.8 Å². The molecule has 0 saturated carbocycles. The summed E-state index contributed by atoms with van der Waals surface area (Å²) in [6, 6.07) is 28.7. The Morgan fingerprint density at radius 1 is 0.750 bits per heavy atom. The van der Waals surface area contributed by atoms with Crippen LogP contribution in [0, 0.1) is 0 Å². The van der Waals surface area contributed by atoms with Crippen LogP contribution in [0.2, 0.25) is 0 Å². The molecule has 0 spiro atoms. The minimum absolute atomic E-state index is 0.0943. The van der Waals surface area contributed by atoms with E-state index in [1.165, 1.54) is 0 Å². The number of benzene rings is 3. The van der Waals surface area contributed by atoms with E-state index in [9.17, 15) is 9.59 Å². The molecule has 0 aliphatic carbocycles. The molecule has 0 aromatic heterocycles. The van der Waals surface area contributed by atoms with Gasteiger partial charge in [-0.05, 0) is 36.8 Å². The van der Waals surface area contributed by atoms with Crippen molar-refractivity contribution in [3.05, 3.63) is 96.6 Å². The average Bonchev–Trinajstić information content (AvgIpc) is 2.74. The summed E-state index contributed by atoms with van der Waals surface area (Å²) in [6.45, 7) is 1.94. The van der Waals surface area contributed by atoms with Crippen molar-refractivity contribution in [1.82, 2.24) is 5.32 Å². The van der Waals surface area contributed by atoms with Crippen molar-refractivity contribution in [2.75, 3.05) is 4.90 Å². The van der Waals surface area contributed by atoms with Crippen LogP contribution in [0.3, 0.4) is 0 Å². The molecular weight excluding hydrogens is 348 g/mol. The van der Waals surface area contributed by atoms with Gasteiger partial charge in [0, 0.05) is 24.2 Å². The number of carbonyl (C=O) groups excluding carboxylic acids is 2. The van der Waals surface area contributed by atoms with Gasteiger partial charge in [-0.1, -0.05) is 66.7 Å². The quantitative estimate of drug-likeness (QED) is 0.634. The van der Waals surface area contributed by atoms with Gasteiger partial charge in [0.1, 0.15) is 0 Å². The summed E-state index contributed by atoms with van der Waals surface area (Å²) in [5.74, 6) is -0.245. The SMILES string of the molecule is C[C@H](NC(=O)CCC(=O)N(c1ccccc1)c1ccccc1)c1ccccc1. The Balaban J connectivity index is 1.65. The van der Waals surface area contributed by atoms with E-state index in [4.69, 9.17) is 0 Å². The third-order valence-corrected chi connectivity index (χ3v) is 4.52. The molecule has 4 nitrogen and oxygen atoms in total. The Kier molecular flexibility index (Phi) is 6.58. The van der Waals surface area contributed by atoms with Gasteiger partial charge < -0.3 is 5.32 Å². The molecule has 0 bridgehead atoms. The second kappa shape index (κ2) is 9.51. The fourth-order valence-corrected chi connectivity index (χ4v) is 3.06. The highest BCUT2D eigenvalue weighted by Crippen LogP contribution is 2.26. The molecule has 1 atom stereocenters. The number of anilines is 2. The van der Waals surface area contributed by atoms with Gasteiger partial charge in [-0.25, -0.2) is 0 Å². The number of rotatable bonds is 7. The Bertz CT molecular complexity index is 856. The minimum Gasteiger partial charge on any atom is -0.350 e. The first-order valence-corrected chi connectivity index (χ1v) is 9.42. The van der Waals surface area contributed by atoms with Gasteiger partial charge in [-0.3, -0.25) is 14.5 Å². The monoisotopic (exact) mass is 372 g/mol. The van der Waals surface area contributed by atoms with Crippen molar-refractivity contribution >= 4 is 23.2 Å². The second-order valence-electron chi connectivity index (χ2n) is 6.60. The fraction of sp³-hybridized carbons (Fsp3) is 0.167. The predicted octanol–water partition coefficient (Wildman–Crippen LogP) is 5.01. The first-order chi connectivity index (χ1) is 13.6. The van der Waals surface area contributed by atoms with Crippen molar-refractivity contribution in [3.63, 3.8) is 0 Å². The van der Waals surface area contributed by atoms with Crippen molar-refractivity contribution in [1.29, 1.82) is 0 Å². The molecule has 3 aromatic carbocycles. The maximum atomic E-state index is 13.0. The van der Waals surface area contributed by atoms with E-state index < -0.39 is 0 Å². The number of para-hydroxylation sites is 2. The Morgan fingerprint density at radius 3 is 1.71 bits per heavy atom. The number of carbonyl (C=O) groups is 2. The zero-order valence-electron chi connectivity index (χ0n) is 15.9. The molecule has 0 heterocycles. The van der Waals surface area contributed by atoms with Crippen LogP contribution < -0.4 is 10.2 Å². The third-order valence-electron chi connectivity index (χ3n) is 4.52. The molecule has 0 saturated heterocycles. The molecule has 0 aliphatic rings. The van der Waals surface area contributed by atoms with E-state index in [2.05, 4.69) is 5.32 Å². The highest BCUT2D eigenvalue weighted by Gasteiger charge is 2.19. The van der Waals surface area contributed by atoms with E-state index in [-0.39, 0.29) is 30.7 Å². The largest absolute Gasteiger partial charge is 0.350 e. The molecule has 2 amide bonds. The molecule has 1 N–H and O–H groups in total. The van der Waals surface area contributed by atoms with Gasteiger partial charge >= 0.3 is 0 Å². The van der Waals surface area contributed by atoms with E-state index in [0.29, 0.717) is 0 Å². The normalized spacial score (nSPS) is 11.5. The lowest BCUT2D eigenvalue weighted by molar-refractivity contribution is -0.125. The van der Waals surface area contributed by atoms with Crippen LogP contribution in [0.4, 0.5) is 11.4 Å². The Hall–Kier alpha value is -3.40. The second-order valence-corrected chi connectivity index (χ2v) is 6.60. The number of hydrogen-bond acceptors (Lipinski definition) is 2. The van der Waals surface area contributed by atoms with Gasteiger partial charge in [-0.2, -0.15) is 0 Å². The zero-order chi connectivity index (χ0) is 19.8. The molecule has 3 rings (SSSR count). The van der Waals surface area contributed by atoms with Crippen LogP contribution in [0.25, 0.3) is 0 Å². The lowest BCUT2D eigenvalue weighted by Gasteiger charge is -2.23. The molecule has 3 aromatic rings. The molecule has 0 unspecified atom stereocenters. The molecule has 0 radical (unpaired) electrons. The van der Waals surface area contributed by atoms with Crippen LogP contribution >= 0.6 is 0 Å². The summed E-state index contributed by atoms with van der Waals surface area (Å²) >= 11 is 0. The lowest BCUT2D eigenvalue weighted by atomic mass is 10.1. The molecule has 0 aliphatic heterocycles. The van der Waals surface area contributed by atoms with Gasteiger partial charge in [0.25, 0.3) is 0 Å². The van der Waals surface area contributed by atoms with Gasteiger partial charge in [0.15, 0.2) is 0 Å². The lowest BCUT2D eigenvalue weighted by Crippen LogP contribution is -2.30. The number of nitrogens with zero attached hydrogens (tertiary/aromatic N) is 1. The van der Waals surface area contributed by atoms with Crippen LogP contribution in [-0.2, 0) is 9.59 Å². The van der Waals surface area contributed by atoms with Crippen LogP contribution in [0.1, 0.15) is 31.4 Å². The van der Waals surface area contributed by atoms with E-state index in [0.717, 1.165) is 16.9 Å². The molecule has 4 heteroatoms. The average molecular weight is 372 g/mol.